The van der Waals surface area contributed by atoms with E-state index in [1.165, 1.54) is 51.4 Å². The lowest BCUT2D eigenvalue weighted by molar-refractivity contribution is -0.108. The van der Waals surface area contributed by atoms with Crippen LogP contribution in [0.3, 0.4) is 0 Å². The molecule has 4 aliphatic rings. The van der Waals surface area contributed by atoms with Gasteiger partial charge in [0.2, 0.25) is 0 Å². The Morgan fingerprint density at radius 3 is 2.52 bits per heavy atom. The standard InChI is InChI=1S/C30H52O2Si/c1-21(10-9-19-31)25-13-14-26-24-12-11-22-20-23(32-33(7,8)28(2,3)4)15-17-29(22,5)27(24)16-18-30(25,26)6/h11,19,21,23-27H,9-10,12-18,20H2,1-8H3/t21-,23+,24+,25-,26+,27+,29+,30-/m1/s1. The van der Waals surface area contributed by atoms with Gasteiger partial charge in [0, 0.05) is 12.5 Å². The van der Waals surface area contributed by atoms with Gasteiger partial charge in [-0.3, -0.25) is 0 Å². The number of hydrogen-bond donors (Lipinski definition) is 0. The van der Waals surface area contributed by atoms with Gasteiger partial charge in [-0.1, -0.05) is 53.2 Å². The van der Waals surface area contributed by atoms with E-state index < -0.39 is 8.32 Å². The number of allylic oxidation sites excluding steroid dienone is 1. The molecule has 0 saturated heterocycles. The van der Waals surface area contributed by atoms with Crippen LogP contribution in [0.2, 0.25) is 18.1 Å². The van der Waals surface area contributed by atoms with Crippen LogP contribution < -0.4 is 0 Å². The molecule has 188 valence electrons. The van der Waals surface area contributed by atoms with Crippen LogP contribution in [-0.2, 0) is 9.22 Å². The zero-order valence-corrected chi connectivity index (χ0v) is 24.0. The molecule has 0 amide bonds. The molecule has 0 aromatic heterocycles. The van der Waals surface area contributed by atoms with Gasteiger partial charge in [0.05, 0.1) is 0 Å². The normalized spacial score (nSPS) is 42.1. The molecule has 0 heterocycles. The Kier molecular flexibility index (Phi) is 6.93. The molecule has 3 heteroatoms. The molecule has 3 saturated carbocycles. The smallest absolute Gasteiger partial charge is 0.192 e. The van der Waals surface area contributed by atoms with Crippen molar-refractivity contribution >= 4 is 14.6 Å². The Bertz CT molecular complexity index is 764. The fourth-order valence-electron chi connectivity index (χ4n) is 8.83. The summed E-state index contributed by atoms with van der Waals surface area (Å²) in [6.07, 6.45) is 16.8. The van der Waals surface area contributed by atoms with Crippen LogP contribution in [0.5, 0.6) is 0 Å². The first kappa shape index (κ1) is 25.7. The van der Waals surface area contributed by atoms with E-state index in [1.54, 1.807) is 5.57 Å². The van der Waals surface area contributed by atoms with Gasteiger partial charge in [0.15, 0.2) is 8.32 Å². The Hall–Kier alpha value is -0.413. The van der Waals surface area contributed by atoms with Crippen molar-refractivity contribution in [3.8, 4) is 0 Å². The van der Waals surface area contributed by atoms with E-state index in [0.717, 1.165) is 42.8 Å². The highest BCUT2D eigenvalue weighted by molar-refractivity contribution is 6.74. The average molecular weight is 473 g/mol. The molecule has 0 spiro atoms. The van der Waals surface area contributed by atoms with Crippen molar-refractivity contribution in [2.45, 2.75) is 130 Å². The monoisotopic (exact) mass is 472 g/mol. The maximum absolute atomic E-state index is 11.0. The molecule has 33 heavy (non-hydrogen) atoms. The molecule has 0 N–H and O–H groups in total. The second-order valence-electron chi connectivity index (χ2n) is 14.5. The summed E-state index contributed by atoms with van der Waals surface area (Å²) in [5.41, 5.74) is 2.64. The summed E-state index contributed by atoms with van der Waals surface area (Å²) in [6.45, 7) is 19.6. The number of hydrogen-bond acceptors (Lipinski definition) is 2. The molecule has 3 fully saturated rings. The predicted molar refractivity (Wildman–Crippen MR) is 142 cm³/mol. The molecule has 2 nitrogen and oxygen atoms in total. The highest BCUT2D eigenvalue weighted by Crippen LogP contribution is 2.67. The van der Waals surface area contributed by atoms with Crippen LogP contribution in [0, 0.1) is 40.4 Å². The van der Waals surface area contributed by atoms with Crippen LogP contribution in [0.4, 0.5) is 0 Å². The first-order valence-corrected chi connectivity index (χ1v) is 17.1. The highest BCUT2D eigenvalue weighted by Gasteiger charge is 2.59. The van der Waals surface area contributed by atoms with Gasteiger partial charge in [0.1, 0.15) is 6.29 Å². The largest absolute Gasteiger partial charge is 0.414 e. The van der Waals surface area contributed by atoms with Gasteiger partial charge in [0.25, 0.3) is 0 Å². The van der Waals surface area contributed by atoms with Crippen molar-refractivity contribution in [1.29, 1.82) is 0 Å². The SMILES string of the molecule is C[C@H](CCC=O)[C@H]1CC[C@H]2[C@@H]3CC=C4C[C@@H](O[Si](C)(C)C(C)(C)C)CC[C@]4(C)[C@H]3CC[C@]12C. The van der Waals surface area contributed by atoms with Gasteiger partial charge < -0.3 is 9.22 Å². The molecule has 0 aromatic carbocycles. The quantitative estimate of drug-likeness (QED) is 0.220. The first-order valence-electron chi connectivity index (χ1n) is 14.1. The average Bonchev–Trinajstić information content (AvgIpc) is 3.08. The number of carbonyl (C=O) groups is 1. The number of fused-ring (bicyclic) bond motifs is 5. The zero-order chi connectivity index (χ0) is 24.2. The van der Waals surface area contributed by atoms with Crippen molar-refractivity contribution in [3.63, 3.8) is 0 Å². The van der Waals surface area contributed by atoms with E-state index in [0.29, 0.717) is 22.9 Å². The first-order chi connectivity index (χ1) is 15.3. The third kappa shape index (κ3) is 4.37. The molecule has 0 radical (unpaired) electrons. The Morgan fingerprint density at radius 1 is 1.12 bits per heavy atom. The molecule has 8 atom stereocenters. The van der Waals surface area contributed by atoms with E-state index >= 15 is 0 Å². The minimum Gasteiger partial charge on any atom is -0.414 e. The zero-order valence-electron chi connectivity index (χ0n) is 23.0. The maximum Gasteiger partial charge on any atom is 0.192 e. The lowest BCUT2D eigenvalue weighted by atomic mass is 9.47. The van der Waals surface area contributed by atoms with Crippen LogP contribution in [0.25, 0.3) is 0 Å². The Labute approximate surface area is 205 Å². The van der Waals surface area contributed by atoms with Gasteiger partial charge in [-0.05, 0) is 116 Å². The van der Waals surface area contributed by atoms with Crippen molar-refractivity contribution in [2.75, 3.05) is 0 Å². The summed E-state index contributed by atoms with van der Waals surface area (Å²) in [7, 11) is -1.71. The molecular weight excluding hydrogens is 420 g/mol. The molecule has 4 rings (SSSR count). The third-order valence-corrected chi connectivity index (χ3v) is 16.4. The summed E-state index contributed by atoms with van der Waals surface area (Å²) >= 11 is 0. The molecule has 0 aliphatic heterocycles. The van der Waals surface area contributed by atoms with E-state index in [1.807, 2.05) is 0 Å². The van der Waals surface area contributed by atoms with Crippen molar-refractivity contribution in [1.82, 2.24) is 0 Å². The summed E-state index contributed by atoms with van der Waals surface area (Å²) in [4.78, 5) is 11.0. The highest BCUT2D eigenvalue weighted by atomic mass is 28.4. The summed E-state index contributed by atoms with van der Waals surface area (Å²) in [5.74, 6) is 4.13. The fraction of sp³-hybridized carbons (Fsp3) is 0.900. The lowest BCUT2D eigenvalue weighted by Crippen LogP contribution is -2.52. The molecule has 4 aliphatic carbocycles. The van der Waals surface area contributed by atoms with Gasteiger partial charge in [-0.2, -0.15) is 0 Å². The maximum atomic E-state index is 11.0. The van der Waals surface area contributed by atoms with E-state index in [4.69, 9.17) is 4.43 Å². The second-order valence-corrected chi connectivity index (χ2v) is 19.2. The molecule has 0 unspecified atom stereocenters. The number of rotatable bonds is 6. The predicted octanol–water partition coefficient (Wildman–Crippen LogP) is 8.57. The van der Waals surface area contributed by atoms with Gasteiger partial charge >= 0.3 is 0 Å². The molecular formula is C30H52O2Si. The fourth-order valence-corrected chi connectivity index (χ4v) is 10.2. The molecule has 0 aromatic rings. The minimum absolute atomic E-state index is 0.287. The second kappa shape index (κ2) is 8.91. The van der Waals surface area contributed by atoms with Crippen molar-refractivity contribution in [3.05, 3.63) is 11.6 Å². The number of aldehydes is 1. The minimum atomic E-state index is -1.71. The number of carbonyl (C=O) groups excluding carboxylic acids is 1. The summed E-state index contributed by atoms with van der Waals surface area (Å²) in [5, 5.41) is 0.287. The van der Waals surface area contributed by atoms with Crippen LogP contribution in [0.15, 0.2) is 11.6 Å². The lowest BCUT2D eigenvalue weighted by Gasteiger charge is -2.59. The van der Waals surface area contributed by atoms with E-state index in [9.17, 15) is 4.79 Å². The third-order valence-electron chi connectivity index (χ3n) is 11.8. The molecule has 0 bridgehead atoms. The summed E-state index contributed by atoms with van der Waals surface area (Å²) < 4.78 is 6.90. The van der Waals surface area contributed by atoms with Crippen LogP contribution in [-0.4, -0.2) is 20.7 Å². The summed E-state index contributed by atoms with van der Waals surface area (Å²) in [6, 6.07) is 0. The van der Waals surface area contributed by atoms with Crippen molar-refractivity contribution < 1.29 is 9.22 Å². The van der Waals surface area contributed by atoms with Gasteiger partial charge in [-0.15, -0.1) is 0 Å². The van der Waals surface area contributed by atoms with E-state index in [-0.39, 0.29) is 5.04 Å². The van der Waals surface area contributed by atoms with Crippen LogP contribution >= 0.6 is 0 Å². The van der Waals surface area contributed by atoms with E-state index in [2.05, 4.69) is 60.7 Å². The van der Waals surface area contributed by atoms with Crippen molar-refractivity contribution in [2.24, 2.45) is 40.4 Å². The van der Waals surface area contributed by atoms with Gasteiger partial charge in [-0.25, -0.2) is 0 Å². The van der Waals surface area contributed by atoms with Crippen LogP contribution in [0.1, 0.15) is 106 Å². The Morgan fingerprint density at radius 2 is 1.85 bits per heavy atom. The Balaban J connectivity index is 1.49. The topological polar surface area (TPSA) is 26.3 Å².